The Bertz CT molecular complexity index is 505. The largest absolute Gasteiger partial charge is 0.497 e. The van der Waals surface area contributed by atoms with Crippen molar-refractivity contribution in [1.82, 2.24) is 0 Å². The van der Waals surface area contributed by atoms with Crippen LogP contribution >= 0.6 is 11.8 Å². The van der Waals surface area contributed by atoms with E-state index in [2.05, 4.69) is 0 Å². The van der Waals surface area contributed by atoms with Crippen molar-refractivity contribution in [3.63, 3.8) is 0 Å². The normalized spacial score (nSPS) is 29.0. The first-order valence-electron chi connectivity index (χ1n) is 7.20. The third kappa shape index (κ3) is 2.71. The van der Waals surface area contributed by atoms with Crippen LogP contribution < -0.4 is 4.74 Å². The Kier molecular flexibility index (Phi) is 4.01. The number of benzene rings is 1. The number of hydrogen-bond donors (Lipinski definition) is 0. The lowest BCUT2D eigenvalue weighted by Crippen LogP contribution is -2.33. The molecule has 2 nitrogen and oxygen atoms in total. The monoisotopic (exact) mass is 294 g/mol. The van der Waals surface area contributed by atoms with Gasteiger partial charge in [0.05, 0.1) is 12.7 Å². The second-order valence-electron chi connectivity index (χ2n) is 5.69. The first-order valence-corrected chi connectivity index (χ1v) is 8.15. The highest BCUT2D eigenvalue weighted by molar-refractivity contribution is 8.00. The highest BCUT2D eigenvalue weighted by Crippen LogP contribution is 2.44. The van der Waals surface area contributed by atoms with Crippen LogP contribution in [0.15, 0.2) is 18.2 Å². The minimum atomic E-state index is -0.460. The molecule has 2 fully saturated rings. The summed E-state index contributed by atoms with van der Waals surface area (Å²) in [6.45, 7) is 0. The van der Waals surface area contributed by atoms with Gasteiger partial charge >= 0.3 is 0 Å². The van der Waals surface area contributed by atoms with E-state index in [1.165, 1.54) is 32.4 Å². The highest BCUT2D eigenvalue weighted by Gasteiger charge is 2.36. The Morgan fingerprint density at radius 1 is 1.30 bits per heavy atom. The van der Waals surface area contributed by atoms with E-state index in [1.807, 2.05) is 11.8 Å². The second-order valence-corrected chi connectivity index (χ2v) is 7.29. The summed E-state index contributed by atoms with van der Waals surface area (Å²) >= 11 is 2.03. The van der Waals surface area contributed by atoms with Gasteiger partial charge in [-0.25, -0.2) is 4.39 Å². The second kappa shape index (κ2) is 5.76. The topological polar surface area (TPSA) is 26.3 Å². The molecule has 2 heterocycles. The molecule has 0 aliphatic carbocycles. The molecule has 2 saturated heterocycles. The van der Waals surface area contributed by atoms with Crippen molar-refractivity contribution in [2.75, 3.05) is 7.11 Å². The molecule has 0 amide bonds. The Hall–Kier alpha value is -1.03. The molecule has 0 spiro atoms. The van der Waals surface area contributed by atoms with Crippen LogP contribution in [0.4, 0.5) is 4.39 Å². The maximum Gasteiger partial charge on any atom is 0.168 e. The van der Waals surface area contributed by atoms with Crippen molar-refractivity contribution in [2.24, 2.45) is 5.92 Å². The molecule has 2 unspecified atom stereocenters. The number of hydrogen-bond acceptors (Lipinski definition) is 3. The zero-order valence-electron chi connectivity index (χ0n) is 11.6. The van der Waals surface area contributed by atoms with Gasteiger partial charge in [-0.05, 0) is 37.8 Å². The molecule has 1 aromatic rings. The molecule has 0 saturated carbocycles. The van der Waals surface area contributed by atoms with E-state index in [1.54, 1.807) is 12.1 Å². The smallest absolute Gasteiger partial charge is 0.168 e. The Morgan fingerprint density at radius 2 is 2.00 bits per heavy atom. The molecular weight excluding hydrogens is 275 g/mol. The van der Waals surface area contributed by atoms with Crippen molar-refractivity contribution in [3.8, 4) is 5.75 Å². The van der Waals surface area contributed by atoms with E-state index in [-0.39, 0.29) is 17.3 Å². The van der Waals surface area contributed by atoms with Gasteiger partial charge < -0.3 is 4.74 Å². The summed E-state index contributed by atoms with van der Waals surface area (Å²) in [5.41, 5.74) is 0.223. The third-order valence-corrected chi connectivity index (χ3v) is 5.97. The van der Waals surface area contributed by atoms with Crippen LogP contribution in [-0.4, -0.2) is 23.4 Å². The fraction of sp³-hybridized carbons (Fsp3) is 0.562. The van der Waals surface area contributed by atoms with Crippen LogP contribution in [0.3, 0.4) is 0 Å². The summed E-state index contributed by atoms with van der Waals surface area (Å²) in [5.74, 6) is -0.0374. The van der Waals surface area contributed by atoms with E-state index < -0.39 is 5.82 Å². The van der Waals surface area contributed by atoms with Gasteiger partial charge in [-0.1, -0.05) is 6.42 Å². The Morgan fingerprint density at radius 3 is 2.60 bits per heavy atom. The van der Waals surface area contributed by atoms with Gasteiger partial charge in [0.15, 0.2) is 5.78 Å². The molecule has 0 N–H and O–H groups in total. The summed E-state index contributed by atoms with van der Waals surface area (Å²) in [6, 6.07) is 4.52. The maximum absolute atomic E-state index is 14.0. The first kappa shape index (κ1) is 13.9. The lowest BCUT2D eigenvalue weighted by molar-refractivity contribution is 0.0892. The van der Waals surface area contributed by atoms with Crippen LogP contribution in [0.5, 0.6) is 5.75 Å². The lowest BCUT2D eigenvalue weighted by Gasteiger charge is -2.38. The van der Waals surface area contributed by atoms with Crippen LogP contribution in [0.1, 0.15) is 42.5 Å². The molecule has 0 aromatic heterocycles. The van der Waals surface area contributed by atoms with Crippen molar-refractivity contribution >= 4 is 17.5 Å². The van der Waals surface area contributed by atoms with Gasteiger partial charge in [0.2, 0.25) is 0 Å². The fourth-order valence-corrected chi connectivity index (χ4v) is 5.15. The van der Waals surface area contributed by atoms with Gasteiger partial charge in [-0.2, -0.15) is 11.8 Å². The van der Waals surface area contributed by atoms with Crippen LogP contribution in [0.25, 0.3) is 0 Å². The summed E-state index contributed by atoms with van der Waals surface area (Å²) in [4.78, 5) is 12.6. The molecule has 108 valence electrons. The van der Waals surface area contributed by atoms with Gasteiger partial charge in [-0.3, -0.25) is 4.79 Å². The zero-order valence-corrected chi connectivity index (χ0v) is 12.4. The number of ether oxygens (including phenoxy) is 1. The summed E-state index contributed by atoms with van der Waals surface area (Å²) in [6.07, 6.45) is 5.50. The fourth-order valence-electron chi connectivity index (χ4n) is 3.32. The van der Waals surface area contributed by atoms with Crippen LogP contribution in [-0.2, 0) is 0 Å². The Balaban J connectivity index is 1.78. The SMILES string of the molecule is COc1ccc(C(=O)C2CC3CCCC(C2)S3)c(F)c1. The summed E-state index contributed by atoms with van der Waals surface area (Å²) in [5, 5.41) is 1.19. The van der Waals surface area contributed by atoms with Gasteiger partial charge in [0.25, 0.3) is 0 Å². The van der Waals surface area contributed by atoms with E-state index >= 15 is 0 Å². The lowest BCUT2D eigenvalue weighted by atomic mass is 9.84. The van der Waals surface area contributed by atoms with Gasteiger partial charge in [0.1, 0.15) is 11.6 Å². The van der Waals surface area contributed by atoms with Crippen LogP contribution in [0.2, 0.25) is 0 Å². The third-order valence-electron chi connectivity index (χ3n) is 4.34. The zero-order chi connectivity index (χ0) is 14.1. The van der Waals surface area contributed by atoms with Crippen molar-refractivity contribution in [3.05, 3.63) is 29.6 Å². The molecule has 2 aliphatic rings. The van der Waals surface area contributed by atoms with E-state index in [0.717, 1.165) is 12.8 Å². The van der Waals surface area contributed by atoms with Crippen molar-refractivity contribution in [2.45, 2.75) is 42.6 Å². The first-order chi connectivity index (χ1) is 9.67. The van der Waals surface area contributed by atoms with Gasteiger partial charge in [-0.15, -0.1) is 0 Å². The number of carbonyl (C=O) groups excluding carboxylic acids is 1. The number of carbonyl (C=O) groups is 1. The average molecular weight is 294 g/mol. The van der Waals surface area contributed by atoms with Crippen LogP contribution in [0, 0.1) is 11.7 Å². The summed E-state index contributed by atoms with van der Waals surface area (Å²) in [7, 11) is 1.50. The highest BCUT2D eigenvalue weighted by atomic mass is 32.2. The molecule has 2 atom stereocenters. The molecule has 0 radical (unpaired) electrons. The molecule has 3 rings (SSSR count). The minimum absolute atomic E-state index is 0.00514. The molecule has 20 heavy (non-hydrogen) atoms. The molecule has 4 heteroatoms. The summed E-state index contributed by atoms with van der Waals surface area (Å²) < 4.78 is 19.0. The van der Waals surface area contributed by atoms with E-state index in [4.69, 9.17) is 4.74 Å². The average Bonchev–Trinajstić information content (AvgIpc) is 2.46. The maximum atomic E-state index is 14.0. The number of fused-ring (bicyclic) bond motifs is 2. The predicted molar refractivity (Wildman–Crippen MR) is 79.0 cm³/mol. The quantitative estimate of drug-likeness (QED) is 0.786. The van der Waals surface area contributed by atoms with E-state index in [0.29, 0.717) is 16.2 Å². The number of Topliss-reactive ketones (excluding diaryl/α,β-unsaturated/α-hetero) is 1. The number of rotatable bonds is 3. The molecule has 2 bridgehead atoms. The molecule has 2 aliphatic heterocycles. The van der Waals surface area contributed by atoms with E-state index in [9.17, 15) is 9.18 Å². The van der Waals surface area contributed by atoms with Crippen molar-refractivity contribution in [1.29, 1.82) is 0 Å². The molecule has 1 aromatic carbocycles. The standard InChI is InChI=1S/C16H19FO2S/c1-19-11-5-6-14(15(17)9-11)16(18)10-7-12-3-2-4-13(8-10)20-12/h5-6,9-10,12-13H,2-4,7-8H2,1H3. The number of halogens is 1. The number of thioether (sulfide) groups is 1. The Labute approximate surface area is 123 Å². The number of methoxy groups -OCH3 is 1. The minimum Gasteiger partial charge on any atom is -0.497 e. The van der Waals surface area contributed by atoms with Gasteiger partial charge in [0, 0.05) is 22.5 Å². The predicted octanol–water partition coefficient (Wildman–Crippen LogP) is 4.08. The van der Waals surface area contributed by atoms with Crippen molar-refractivity contribution < 1.29 is 13.9 Å². The number of ketones is 1. The molecular formula is C16H19FO2S.